The molecule has 0 amide bonds. The third kappa shape index (κ3) is 3.99. The van der Waals surface area contributed by atoms with Crippen molar-refractivity contribution in [3.63, 3.8) is 0 Å². The summed E-state index contributed by atoms with van der Waals surface area (Å²) in [5.41, 5.74) is 0. The van der Waals surface area contributed by atoms with Gasteiger partial charge in [0.2, 0.25) is 0 Å². The number of rotatable bonds is 5. The molecule has 0 unspecified atom stereocenters. The van der Waals surface area contributed by atoms with Crippen LogP contribution in [0.15, 0.2) is 84.9 Å². The van der Waals surface area contributed by atoms with Gasteiger partial charge in [-0.3, -0.25) is 0 Å². The predicted octanol–water partition coefficient (Wildman–Crippen LogP) is 3.04. The van der Waals surface area contributed by atoms with E-state index < -0.39 is 18.4 Å². The molecule has 0 aromatic heterocycles. The largest absolute Gasteiger partial charge is 0.488 e. The van der Waals surface area contributed by atoms with Crippen molar-refractivity contribution in [2.24, 2.45) is 0 Å². The molecule has 0 radical (unpaired) electrons. The molecule has 0 spiro atoms. The van der Waals surface area contributed by atoms with E-state index in [0.717, 1.165) is 10.6 Å². The van der Waals surface area contributed by atoms with Crippen LogP contribution in [0, 0.1) is 0 Å². The lowest BCUT2D eigenvalue weighted by Gasteiger charge is -2.21. The molecule has 0 fully saturated rings. The van der Waals surface area contributed by atoms with Crippen molar-refractivity contribution < 1.29 is 16.5 Å². The van der Waals surface area contributed by atoms with Gasteiger partial charge in [-0.2, -0.15) is 8.42 Å². The minimum absolute atomic E-state index is 0.0128. The van der Waals surface area contributed by atoms with Gasteiger partial charge in [0, 0.05) is 5.30 Å². The van der Waals surface area contributed by atoms with E-state index >= 15 is 0 Å². The molecule has 0 saturated carbocycles. The van der Waals surface area contributed by atoms with Gasteiger partial charge in [-0.15, -0.1) is 0 Å². The van der Waals surface area contributed by atoms with E-state index in [4.69, 9.17) is 0 Å². The second-order valence-corrected chi connectivity index (χ2v) is 8.09. The van der Waals surface area contributed by atoms with Gasteiger partial charge < -0.3 is 4.18 Å². The van der Waals surface area contributed by atoms with Crippen LogP contribution in [0.2, 0.25) is 0 Å². The number of halogens is 1. The molecule has 0 aliphatic rings. The Hall–Kier alpha value is -2.23. The summed E-state index contributed by atoms with van der Waals surface area (Å²) in [6.07, 6.45) is 0. The first-order valence-electron chi connectivity index (χ1n) is 7.18. The van der Waals surface area contributed by atoms with Crippen molar-refractivity contribution in [2.45, 2.75) is 0 Å². The minimum atomic E-state index is -5.09. The summed E-state index contributed by atoms with van der Waals surface area (Å²) >= 11 is 0. The van der Waals surface area contributed by atoms with E-state index in [1.54, 1.807) is 18.2 Å². The van der Waals surface area contributed by atoms with Gasteiger partial charge >= 0.3 is 10.5 Å². The van der Waals surface area contributed by atoms with Gasteiger partial charge in [-0.25, -0.2) is 0 Å². The molecule has 122 valence electrons. The highest BCUT2D eigenvalue weighted by Crippen LogP contribution is 2.36. The third-order valence-electron chi connectivity index (χ3n) is 3.32. The summed E-state index contributed by atoms with van der Waals surface area (Å²) in [6.45, 7) is 0. The van der Waals surface area contributed by atoms with Crippen LogP contribution in [0.25, 0.3) is 0 Å². The molecule has 3 aromatic rings. The van der Waals surface area contributed by atoms with Gasteiger partial charge in [-0.05, 0) is 24.6 Å². The van der Waals surface area contributed by atoms with Crippen molar-refractivity contribution in [3.05, 3.63) is 84.9 Å². The van der Waals surface area contributed by atoms with Gasteiger partial charge in [0.25, 0.3) is 0 Å². The molecule has 24 heavy (non-hydrogen) atoms. The van der Waals surface area contributed by atoms with E-state index in [0.29, 0.717) is 5.30 Å². The summed E-state index contributed by atoms with van der Waals surface area (Å²) in [5.74, 6) is 0.0128. The molecule has 0 saturated heterocycles. The molecule has 0 aliphatic carbocycles. The van der Waals surface area contributed by atoms with Crippen LogP contribution in [0.1, 0.15) is 0 Å². The van der Waals surface area contributed by atoms with Gasteiger partial charge in [-0.1, -0.05) is 82.7 Å². The quantitative estimate of drug-likeness (QED) is 0.519. The standard InChI is InChI=1S/C18H14FO3PS/c19-24(20,21)22-17-13-7-8-14-18(17)23(15-9-3-1-4-10-15)16-11-5-2-6-12-16/h1-14H. The van der Waals surface area contributed by atoms with Crippen LogP contribution >= 0.6 is 7.92 Å². The number of hydrogen-bond acceptors (Lipinski definition) is 3. The van der Waals surface area contributed by atoms with E-state index in [9.17, 15) is 12.3 Å². The molecular weight excluding hydrogens is 346 g/mol. The maximum absolute atomic E-state index is 13.1. The summed E-state index contributed by atoms with van der Waals surface area (Å²) in [4.78, 5) is 0. The summed E-state index contributed by atoms with van der Waals surface area (Å²) < 4.78 is 39.6. The van der Waals surface area contributed by atoms with Crippen molar-refractivity contribution >= 4 is 34.3 Å². The van der Waals surface area contributed by atoms with Crippen molar-refractivity contribution in [3.8, 4) is 5.75 Å². The van der Waals surface area contributed by atoms with Gasteiger partial charge in [0.05, 0.1) is 0 Å². The van der Waals surface area contributed by atoms with Crippen LogP contribution < -0.4 is 20.1 Å². The molecule has 0 bridgehead atoms. The zero-order valence-electron chi connectivity index (χ0n) is 12.5. The van der Waals surface area contributed by atoms with Crippen molar-refractivity contribution in [2.75, 3.05) is 0 Å². The number of benzene rings is 3. The van der Waals surface area contributed by atoms with E-state index in [1.165, 1.54) is 6.07 Å². The molecule has 0 N–H and O–H groups in total. The minimum Gasteiger partial charge on any atom is -0.358 e. The fourth-order valence-electron chi connectivity index (χ4n) is 2.40. The molecule has 6 heteroatoms. The first-order valence-corrected chi connectivity index (χ1v) is 9.83. The first-order chi connectivity index (χ1) is 11.5. The molecule has 0 aliphatic heterocycles. The fourth-order valence-corrected chi connectivity index (χ4v) is 5.19. The van der Waals surface area contributed by atoms with Crippen LogP contribution in [-0.2, 0) is 10.5 Å². The topological polar surface area (TPSA) is 43.4 Å². The van der Waals surface area contributed by atoms with Crippen LogP contribution in [0.3, 0.4) is 0 Å². The average molecular weight is 360 g/mol. The van der Waals surface area contributed by atoms with Crippen LogP contribution in [0.5, 0.6) is 5.75 Å². The second-order valence-electron chi connectivity index (χ2n) is 4.95. The molecule has 3 nitrogen and oxygen atoms in total. The predicted molar refractivity (Wildman–Crippen MR) is 95.8 cm³/mol. The Bertz CT molecular complexity index is 876. The monoisotopic (exact) mass is 360 g/mol. The lowest BCUT2D eigenvalue weighted by molar-refractivity contribution is 0.442. The fraction of sp³-hybridized carbons (Fsp3) is 0. The zero-order chi connectivity index (χ0) is 17.0. The lowest BCUT2D eigenvalue weighted by Crippen LogP contribution is -2.22. The highest BCUT2D eigenvalue weighted by molar-refractivity contribution is 7.82. The maximum atomic E-state index is 13.1. The Balaban J connectivity index is 2.18. The van der Waals surface area contributed by atoms with Crippen molar-refractivity contribution in [1.29, 1.82) is 0 Å². The second kappa shape index (κ2) is 7.12. The molecule has 3 aromatic carbocycles. The van der Waals surface area contributed by atoms with Crippen molar-refractivity contribution in [1.82, 2.24) is 0 Å². The summed E-state index contributed by atoms with van der Waals surface area (Å²) in [5, 5.41) is 2.68. The summed E-state index contributed by atoms with van der Waals surface area (Å²) in [7, 11) is -6.16. The summed E-state index contributed by atoms with van der Waals surface area (Å²) in [6, 6.07) is 26.0. The van der Waals surface area contributed by atoms with Crippen LogP contribution in [0.4, 0.5) is 3.89 Å². The maximum Gasteiger partial charge on any atom is 0.488 e. The highest BCUT2D eigenvalue weighted by atomic mass is 32.3. The van der Waals surface area contributed by atoms with Gasteiger partial charge in [0.1, 0.15) is 0 Å². The average Bonchev–Trinajstić information content (AvgIpc) is 2.57. The highest BCUT2D eigenvalue weighted by Gasteiger charge is 2.22. The molecule has 3 rings (SSSR count). The first kappa shape index (κ1) is 16.6. The van der Waals surface area contributed by atoms with Crippen LogP contribution in [-0.4, -0.2) is 8.42 Å². The Kier molecular flexibility index (Phi) is 4.93. The lowest BCUT2D eigenvalue weighted by atomic mass is 10.3. The molecular formula is C18H14FO3PS. The molecule has 0 atom stereocenters. The Labute approximate surface area is 141 Å². The Morgan fingerprint density at radius 1 is 0.708 bits per heavy atom. The molecule has 0 heterocycles. The number of hydrogen-bond donors (Lipinski definition) is 0. The Morgan fingerprint density at radius 2 is 1.17 bits per heavy atom. The smallest absolute Gasteiger partial charge is 0.358 e. The SMILES string of the molecule is O=S(=O)(F)Oc1ccccc1P(c1ccccc1)c1ccccc1. The third-order valence-corrected chi connectivity index (χ3v) is 6.18. The Morgan fingerprint density at radius 3 is 1.67 bits per heavy atom. The van der Waals surface area contributed by atoms with Gasteiger partial charge in [0.15, 0.2) is 5.75 Å². The van der Waals surface area contributed by atoms with E-state index in [-0.39, 0.29) is 5.75 Å². The number of para-hydroxylation sites is 1. The normalized spacial score (nSPS) is 11.4. The van der Waals surface area contributed by atoms with E-state index in [2.05, 4.69) is 4.18 Å². The zero-order valence-corrected chi connectivity index (χ0v) is 14.3. The van der Waals surface area contributed by atoms with E-state index in [1.807, 2.05) is 60.7 Å².